The number of nitro benzene ring substituents is 1. The number of benzene rings is 2. The number of nitrogens with two attached hydrogens (primary N) is 1. The van der Waals surface area contributed by atoms with E-state index < -0.39 is 10.9 Å². The second-order valence-electron chi connectivity index (χ2n) is 6.44. The Kier molecular flexibility index (Phi) is 6.43. The number of halogens is 1. The molecule has 1 aromatic heterocycles. The van der Waals surface area contributed by atoms with Gasteiger partial charge in [0.1, 0.15) is 17.5 Å². The van der Waals surface area contributed by atoms with E-state index in [1.807, 2.05) is 12.1 Å². The first-order valence-electron chi connectivity index (χ1n) is 9.20. The van der Waals surface area contributed by atoms with Crippen molar-refractivity contribution >= 4 is 34.6 Å². The van der Waals surface area contributed by atoms with Crippen LogP contribution in [0.25, 0.3) is 5.69 Å². The molecule has 3 aromatic rings. The van der Waals surface area contributed by atoms with Gasteiger partial charge in [0.25, 0.3) is 5.69 Å². The van der Waals surface area contributed by atoms with Crippen molar-refractivity contribution in [1.29, 1.82) is 5.26 Å². The average Bonchev–Trinajstić information content (AvgIpc) is 3.13. The topological polar surface area (TPSA) is 136 Å². The van der Waals surface area contributed by atoms with Crippen LogP contribution in [0.2, 0.25) is 5.02 Å². The number of rotatable bonds is 7. The lowest BCUT2D eigenvalue weighted by atomic mass is 10.1. The van der Waals surface area contributed by atoms with E-state index in [-0.39, 0.29) is 35.8 Å². The van der Waals surface area contributed by atoms with Crippen molar-refractivity contribution in [2.75, 3.05) is 17.7 Å². The summed E-state index contributed by atoms with van der Waals surface area (Å²) in [5, 5.41) is 23.9. The lowest BCUT2D eigenvalue weighted by Crippen LogP contribution is -2.13. The Bertz CT molecular complexity index is 1180. The van der Waals surface area contributed by atoms with E-state index in [4.69, 9.17) is 22.1 Å². The van der Waals surface area contributed by atoms with E-state index >= 15 is 0 Å². The summed E-state index contributed by atoms with van der Waals surface area (Å²) < 4.78 is 6.68. The van der Waals surface area contributed by atoms with Gasteiger partial charge in [0.05, 0.1) is 27.8 Å². The predicted molar refractivity (Wildman–Crippen MR) is 116 cm³/mol. The molecule has 1 heterocycles. The maximum absolute atomic E-state index is 12.2. The number of carbonyl (C=O) groups excluding carboxylic acids is 1. The Labute approximate surface area is 182 Å². The summed E-state index contributed by atoms with van der Waals surface area (Å²) in [5.41, 5.74) is 7.73. The van der Waals surface area contributed by atoms with Crippen molar-refractivity contribution in [1.82, 2.24) is 4.57 Å². The molecule has 0 saturated carbocycles. The normalized spacial score (nSPS) is 10.4. The van der Waals surface area contributed by atoms with Crippen LogP contribution < -0.4 is 11.1 Å². The predicted octanol–water partition coefficient (Wildman–Crippen LogP) is 4.28. The monoisotopic (exact) mass is 439 g/mol. The zero-order chi connectivity index (χ0) is 22.5. The number of hydrogen-bond acceptors (Lipinski definition) is 7. The van der Waals surface area contributed by atoms with Gasteiger partial charge in [-0.25, -0.2) is 4.79 Å². The number of nitrogens with zero attached hydrogens (tertiary/aromatic N) is 3. The van der Waals surface area contributed by atoms with Crippen molar-refractivity contribution in [3.05, 3.63) is 80.6 Å². The third-order valence-corrected chi connectivity index (χ3v) is 4.71. The molecule has 2 aromatic carbocycles. The number of esters is 1. The summed E-state index contributed by atoms with van der Waals surface area (Å²) in [6, 6.07) is 13.4. The average molecular weight is 440 g/mol. The molecule has 0 saturated heterocycles. The highest BCUT2D eigenvalue weighted by atomic mass is 35.5. The second kappa shape index (κ2) is 9.19. The van der Waals surface area contributed by atoms with Gasteiger partial charge in [-0.1, -0.05) is 23.7 Å². The molecule has 0 fully saturated rings. The van der Waals surface area contributed by atoms with E-state index in [0.29, 0.717) is 10.7 Å². The molecule has 10 heteroatoms. The fourth-order valence-electron chi connectivity index (χ4n) is 3.03. The summed E-state index contributed by atoms with van der Waals surface area (Å²) >= 11 is 5.98. The minimum absolute atomic E-state index is 0.113. The Balaban J connectivity index is 1.86. The minimum atomic E-state index is -0.629. The van der Waals surface area contributed by atoms with Crippen LogP contribution in [-0.4, -0.2) is 22.1 Å². The van der Waals surface area contributed by atoms with Crippen LogP contribution in [0, 0.1) is 21.4 Å². The smallest absolute Gasteiger partial charge is 0.340 e. The Morgan fingerprint density at radius 2 is 2.03 bits per heavy atom. The molecule has 0 atom stereocenters. The van der Waals surface area contributed by atoms with Crippen molar-refractivity contribution in [3.63, 3.8) is 0 Å². The minimum Gasteiger partial charge on any atom is -0.462 e. The van der Waals surface area contributed by atoms with E-state index in [1.54, 1.807) is 35.9 Å². The number of anilines is 2. The van der Waals surface area contributed by atoms with E-state index in [2.05, 4.69) is 11.4 Å². The van der Waals surface area contributed by atoms with Gasteiger partial charge in [-0.2, -0.15) is 5.26 Å². The highest BCUT2D eigenvalue weighted by Gasteiger charge is 2.22. The molecule has 0 spiro atoms. The number of carbonyl (C=O) groups is 1. The summed E-state index contributed by atoms with van der Waals surface area (Å²) in [6.07, 6.45) is 1.64. The van der Waals surface area contributed by atoms with Crippen LogP contribution in [0.1, 0.15) is 28.5 Å². The number of aromatic nitrogens is 1. The maximum Gasteiger partial charge on any atom is 0.340 e. The van der Waals surface area contributed by atoms with Crippen LogP contribution in [0.4, 0.5) is 17.1 Å². The third-order valence-electron chi connectivity index (χ3n) is 4.50. The van der Waals surface area contributed by atoms with E-state index in [9.17, 15) is 20.2 Å². The first-order chi connectivity index (χ1) is 14.8. The van der Waals surface area contributed by atoms with Crippen molar-refractivity contribution in [2.24, 2.45) is 0 Å². The summed E-state index contributed by atoms with van der Waals surface area (Å²) in [4.78, 5) is 22.9. The van der Waals surface area contributed by atoms with Gasteiger partial charge in [-0.05, 0) is 36.8 Å². The molecule has 158 valence electrons. The van der Waals surface area contributed by atoms with Gasteiger partial charge in [0.2, 0.25) is 0 Å². The number of nitriles is 1. The Morgan fingerprint density at radius 1 is 1.32 bits per heavy atom. The molecule has 3 rings (SSSR count). The van der Waals surface area contributed by atoms with Gasteiger partial charge in [0, 0.05) is 24.5 Å². The van der Waals surface area contributed by atoms with Crippen molar-refractivity contribution in [2.45, 2.75) is 13.5 Å². The molecular weight excluding hydrogens is 422 g/mol. The fraction of sp³-hybridized carbons (Fsp3) is 0.143. The third kappa shape index (κ3) is 4.60. The highest BCUT2D eigenvalue weighted by Crippen LogP contribution is 2.33. The Hall–Kier alpha value is -4.03. The van der Waals surface area contributed by atoms with Crippen LogP contribution in [-0.2, 0) is 11.3 Å². The fourth-order valence-corrected chi connectivity index (χ4v) is 3.23. The molecule has 0 aliphatic heterocycles. The zero-order valence-electron chi connectivity index (χ0n) is 16.5. The summed E-state index contributed by atoms with van der Waals surface area (Å²) in [7, 11) is 0. The molecule has 0 aliphatic carbocycles. The molecule has 31 heavy (non-hydrogen) atoms. The molecule has 0 amide bonds. The molecule has 0 aliphatic rings. The number of ether oxygens (including phenoxy) is 1. The van der Waals surface area contributed by atoms with Crippen LogP contribution in [0.5, 0.6) is 0 Å². The van der Waals surface area contributed by atoms with Gasteiger partial charge >= 0.3 is 5.97 Å². The van der Waals surface area contributed by atoms with Gasteiger partial charge < -0.3 is 20.4 Å². The van der Waals surface area contributed by atoms with Crippen molar-refractivity contribution in [3.8, 4) is 11.8 Å². The van der Waals surface area contributed by atoms with Gasteiger partial charge in [-0.15, -0.1) is 0 Å². The number of nitrogen functional groups attached to an aromatic ring is 1. The summed E-state index contributed by atoms with van der Waals surface area (Å²) in [6.45, 7) is 2.07. The van der Waals surface area contributed by atoms with Gasteiger partial charge in [0.15, 0.2) is 0 Å². The maximum atomic E-state index is 12.2. The van der Waals surface area contributed by atoms with E-state index in [0.717, 1.165) is 11.3 Å². The molecule has 9 nitrogen and oxygen atoms in total. The SMILES string of the molecule is CCOC(=O)c1ccc([N+](=O)[O-])c(N)c1NCc1ccc(-n2cc(Cl)cc2C#N)cc1. The summed E-state index contributed by atoms with van der Waals surface area (Å²) in [5.74, 6) is -0.629. The number of hydrogen-bond donors (Lipinski definition) is 2. The highest BCUT2D eigenvalue weighted by molar-refractivity contribution is 6.30. The molecule has 0 radical (unpaired) electrons. The van der Waals surface area contributed by atoms with Gasteiger partial charge in [-0.3, -0.25) is 10.1 Å². The standard InChI is InChI=1S/C21H18ClN5O4/c1-2-31-21(28)17-7-8-18(27(29)30)19(24)20(17)25-11-13-3-5-15(6-4-13)26-12-14(22)9-16(26)10-23/h3-9,12,25H,2,11,24H2,1H3. The number of nitro groups is 1. The van der Waals surface area contributed by atoms with Crippen LogP contribution in [0.15, 0.2) is 48.7 Å². The van der Waals surface area contributed by atoms with Crippen LogP contribution >= 0.6 is 11.6 Å². The molecule has 3 N–H and O–H groups in total. The quantitative estimate of drug-likeness (QED) is 0.242. The molecule has 0 bridgehead atoms. The zero-order valence-corrected chi connectivity index (χ0v) is 17.2. The largest absolute Gasteiger partial charge is 0.462 e. The lowest BCUT2D eigenvalue weighted by Gasteiger charge is -2.14. The first-order valence-corrected chi connectivity index (χ1v) is 9.58. The lowest BCUT2D eigenvalue weighted by molar-refractivity contribution is -0.383. The molecule has 0 unspecified atom stereocenters. The van der Waals surface area contributed by atoms with Crippen LogP contribution in [0.3, 0.4) is 0 Å². The van der Waals surface area contributed by atoms with Crippen molar-refractivity contribution < 1.29 is 14.5 Å². The Morgan fingerprint density at radius 3 is 2.65 bits per heavy atom. The second-order valence-corrected chi connectivity index (χ2v) is 6.88. The first kappa shape index (κ1) is 21.7. The molecular formula is C21H18ClN5O4. The van der Waals surface area contributed by atoms with E-state index in [1.165, 1.54) is 12.1 Å². The number of nitrogens with one attached hydrogen (secondary N) is 1.